The quantitative estimate of drug-likeness (QED) is 0.365. The Balaban J connectivity index is 2.96. The van der Waals surface area contributed by atoms with E-state index in [1.54, 1.807) is 12.1 Å². The number of carbonyl (C=O) groups is 1. The van der Waals surface area contributed by atoms with Crippen LogP contribution in [0.4, 0.5) is 0 Å². The highest BCUT2D eigenvalue weighted by Crippen LogP contribution is 2.21. The Morgan fingerprint density at radius 1 is 1.39 bits per heavy atom. The Labute approximate surface area is 122 Å². The van der Waals surface area contributed by atoms with E-state index in [0.717, 1.165) is 8.95 Å². The SMILES string of the molecule is CCN(C/C(N)=N/O)C(=O)c1cc(Br)cc(Br)c1. The molecule has 0 bridgehead atoms. The number of nitrogens with two attached hydrogens (primary N) is 1. The van der Waals surface area contributed by atoms with Gasteiger partial charge in [0.1, 0.15) is 0 Å². The van der Waals surface area contributed by atoms with Gasteiger partial charge in [-0.1, -0.05) is 37.0 Å². The van der Waals surface area contributed by atoms with Gasteiger partial charge in [-0.15, -0.1) is 0 Å². The third-order valence-electron chi connectivity index (χ3n) is 2.26. The zero-order chi connectivity index (χ0) is 13.7. The lowest BCUT2D eigenvalue weighted by atomic mass is 10.2. The van der Waals surface area contributed by atoms with Crippen LogP contribution in [0.15, 0.2) is 32.3 Å². The van der Waals surface area contributed by atoms with Gasteiger partial charge < -0.3 is 15.8 Å². The summed E-state index contributed by atoms with van der Waals surface area (Å²) in [5, 5.41) is 11.4. The van der Waals surface area contributed by atoms with Crippen molar-refractivity contribution in [3.05, 3.63) is 32.7 Å². The molecule has 0 heterocycles. The van der Waals surface area contributed by atoms with Crippen molar-refractivity contribution in [2.45, 2.75) is 6.92 Å². The number of amides is 1. The van der Waals surface area contributed by atoms with Crippen LogP contribution < -0.4 is 5.73 Å². The smallest absolute Gasteiger partial charge is 0.254 e. The van der Waals surface area contributed by atoms with Crippen LogP contribution in [0.25, 0.3) is 0 Å². The summed E-state index contributed by atoms with van der Waals surface area (Å²) in [5.41, 5.74) is 5.94. The molecule has 3 N–H and O–H groups in total. The minimum atomic E-state index is -0.175. The van der Waals surface area contributed by atoms with Gasteiger partial charge in [-0.05, 0) is 25.1 Å². The summed E-state index contributed by atoms with van der Waals surface area (Å²) in [6.45, 7) is 2.39. The normalized spacial score (nSPS) is 11.4. The molecule has 1 rings (SSSR count). The minimum absolute atomic E-state index is 0.000683. The highest BCUT2D eigenvalue weighted by molar-refractivity contribution is 9.11. The first kappa shape index (κ1) is 15.0. The van der Waals surface area contributed by atoms with Crippen LogP contribution in [0.1, 0.15) is 17.3 Å². The molecule has 7 heteroatoms. The molecule has 0 spiro atoms. The fraction of sp³-hybridized carbons (Fsp3) is 0.273. The standard InChI is InChI=1S/C11H13Br2N3O2/c1-2-16(6-10(14)15-18)11(17)7-3-8(12)5-9(13)4-7/h3-5,18H,2,6H2,1H3,(H2,14,15). The molecule has 0 atom stereocenters. The topological polar surface area (TPSA) is 78.9 Å². The van der Waals surface area contributed by atoms with Crippen molar-refractivity contribution in [2.75, 3.05) is 13.1 Å². The van der Waals surface area contributed by atoms with E-state index in [0.29, 0.717) is 12.1 Å². The average molecular weight is 379 g/mol. The summed E-state index contributed by atoms with van der Waals surface area (Å²) in [7, 11) is 0. The van der Waals surface area contributed by atoms with Crippen molar-refractivity contribution in [3.63, 3.8) is 0 Å². The van der Waals surface area contributed by atoms with Crippen LogP contribution in [0.3, 0.4) is 0 Å². The molecule has 0 radical (unpaired) electrons. The molecule has 1 aromatic rings. The zero-order valence-corrected chi connectivity index (χ0v) is 12.9. The van der Waals surface area contributed by atoms with Crippen molar-refractivity contribution in [2.24, 2.45) is 10.9 Å². The fourth-order valence-corrected chi connectivity index (χ4v) is 2.71. The molecule has 0 aliphatic heterocycles. The summed E-state index contributed by atoms with van der Waals surface area (Å²) < 4.78 is 1.61. The third kappa shape index (κ3) is 3.99. The maximum absolute atomic E-state index is 12.2. The van der Waals surface area contributed by atoms with Crippen molar-refractivity contribution < 1.29 is 10.0 Å². The molecule has 0 aliphatic rings. The number of rotatable bonds is 4. The van der Waals surface area contributed by atoms with Gasteiger partial charge in [0, 0.05) is 21.1 Å². The third-order valence-corrected chi connectivity index (χ3v) is 3.18. The molecular formula is C11H13Br2N3O2. The van der Waals surface area contributed by atoms with E-state index in [4.69, 9.17) is 10.9 Å². The van der Waals surface area contributed by atoms with Crippen molar-refractivity contribution in [1.82, 2.24) is 4.90 Å². The largest absolute Gasteiger partial charge is 0.409 e. The van der Waals surface area contributed by atoms with Gasteiger partial charge in [-0.3, -0.25) is 4.79 Å². The van der Waals surface area contributed by atoms with Crippen LogP contribution in [-0.4, -0.2) is 34.9 Å². The molecule has 0 fully saturated rings. The van der Waals surface area contributed by atoms with E-state index in [-0.39, 0.29) is 18.3 Å². The van der Waals surface area contributed by atoms with Crippen LogP contribution in [-0.2, 0) is 0 Å². The fourth-order valence-electron chi connectivity index (χ4n) is 1.41. The lowest BCUT2D eigenvalue weighted by Crippen LogP contribution is -2.38. The van der Waals surface area contributed by atoms with Gasteiger partial charge in [0.25, 0.3) is 5.91 Å². The van der Waals surface area contributed by atoms with Crippen LogP contribution in [0, 0.1) is 0 Å². The first-order valence-electron chi connectivity index (χ1n) is 5.19. The van der Waals surface area contributed by atoms with Crippen LogP contribution in [0.5, 0.6) is 0 Å². The van der Waals surface area contributed by atoms with E-state index in [2.05, 4.69) is 37.0 Å². The summed E-state index contributed by atoms with van der Waals surface area (Å²) in [4.78, 5) is 13.7. The molecule has 1 aromatic carbocycles. The lowest BCUT2D eigenvalue weighted by Gasteiger charge is -2.20. The molecule has 1 amide bonds. The lowest BCUT2D eigenvalue weighted by molar-refractivity contribution is 0.0786. The predicted molar refractivity (Wildman–Crippen MR) is 76.8 cm³/mol. The van der Waals surface area contributed by atoms with Crippen molar-refractivity contribution in [3.8, 4) is 0 Å². The number of amidine groups is 1. The predicted octanol–water partition coefficient (Wildman–Crippen LogP) is 2.42. The second kappa shape index (κ2) is 6.75. The van der Waals surface area contributed by atoms with Crippen molar-refractivity contribution in [1.29, 1.82) is 0 Å². The molecule has 0 unspecified atom stereocenters. The number of benzene rings is 1. The first-order chi connectivity index (χ1) is 8.47. The number of hydrogen-bond donors (Lipinski definition) is 2. The van der Waals surface area contributed by atoms with Crippen molar-refractivity contribution >= 4 is 43.6 Å². The Morgan fingerprint density at radius 2 is 1.94 bits per heavy atom. The second-order valence-electron chi connectivity index (χ2n) is 3.57. The summed E-state index contributed by atoms with van der Waals surface area (Å²) in [6, 6.07) is 5.29. The van der Waals surface area contributed by atoms with E-state index in [1.807, 2.05) is 13.0 Å². The van der Waals surface area contributed by atoms with Gasteiger partial charge in [0.05, 0.1) is 6.54 Å². The van der Waals surface area contributed by atoms with E-state index in [9.17, 15) is 4.79 Å². The number of oxime groups is 1. The summed E-state index contributed by atoms with van der Waals surface area (Å²) in [5.74, 6) is -0.176. The number of hydrogen-bond acceptors (Lipinski definition) is 3. The number of likely N-dealkylation sites (N-methyl/N-ethyl adjacent to an activating group) is 1. The molecule has 0 aliphatic carbocycles. The molecule has 5 nitrogen and oxygen atoms in total. The van der Waals surface area contributed by atoms with E-state index >= 15 is 0 Å². The summed E-state index contributed by atoms with van der Waals surface area (Å²) >= 11 is 6.66. The van der Waals surface area contributed by atoms with E-state index in [1.165, 1.54) is 4.90 Å². The highest BCUT2D eigenvalue weighted by Gasteiger charge is 2.16. The highest BCUT2D eigenvalue weighted by atomic mass is 79.9. The maximum atomic E-state index is 12.2. The van der Waals surface area contributed by atoms with E-state index < -0.39 is 0 Å². The molecule has 0 saturated carbocycles. The van der Waals surface area contributed by atoms with Crippen LogP contribution in [0.2, 0.25) is 0 Å². The zero-order valence-electron chi connectivity index (χ0n) is 9.73. The number of carbonyl (C=O) groups excluding carboxylic acids is 1. The number of nitrogens with zero attached hydrogens (tertiary/aromatic N) is 2. The Morgan fingerprint density at radius 3 is 2.39 bits per heavy atom. The van der Waals surface area contributed by atoms with Gasteiger partial charge in [-0.2, -0.15) is 0 Å². The number of halogens is 2. The van der Waals surface area contributed by atoms with Gasteiger partial charge in [0.15, 0.2) is 5.84 Å². The first-order valence-corrected chi connectivity index (χ1v) is 6.78. The Hall–Kier alpha value is -1.08. The molecule has 18 heavy (non-hydrogen) atoms. The summed E-state index contributed by atoms with van der Waals surface area (Å²) in [6.07, 6.45) is 0. The average Bonchev–Trinajstić information content (AvgIpc) is 2.33. The van der Waals surface area contributed by atoms with Gasteiger partial charge in [0.2, 0.25) is 0 Å². The Kier molecular flexibility index (Phi) is 5.61. The maximum Gasteiger partial charge on any atom is 0.254 e. The molecule has 98 valence electrons. The second-order valence-corrected chi connectivity index (χ2v) is 5.40. The Bertz CT molecular complexity index is 457. The van der Waals surface area contributed by atoms with Gasteiger partial charge in [-0.25, -0.2) is 0 Å². The molecular weight excluding hydrogens is 366 g/mol. The minimum Gasteiger partial charge on any atom is -0.409 e. The van der Waals surface area contributed by atoms with Gasteiger partial charge >= 0.3 is 0 Å². The molecule has 0 saturated heterocycles. The monoisotopic (exact) mass is 377 g/mol. The van der Waals surface area contributed by atoms with Crippen LogP contribution >= 0.6 is 31.9 Å². The molecule has 0 aromatic heterocycles.